The fourth-order valence-electron chi connectivity index (χ4n) is 1.57. The van der Waals surface area contributed by atoms with Gasteiger partial charge in [0.05, 0.1) is 11.3 Å². The maximum absolute atomic E-state index is 12.4. The van der Waals surface area contributed by atoms with E-state index < -0.39 is 45.8 Å². The van der Waals surface area contributed by atoms with E-state index in [0.29, 0.717) is 16.4 Å². The van der Waals surface area contributed by atoms with Crippen LogP contribution in [0.1, 0.15) is 5.56 Å². The lowest BCUT2D eigenvalue weighted by atomic mass is 10.2. The number of alkyl halides is 3. The van der Waals surface area contributed by atoms with Crippen LogP contribution in [-0.2, 0) is 21.2 Å². The Bertz CT molecular complexity index is 641. The Labute approximate surface area is 105 Å². The second-order valence-corrected chi connectivity index (χ2v) is 5.33. The normalized spacial score (nSPS) is 18.5. The molecule has 1 saturated heterocycles. The average Bonchev–Trinajstić information content (AvgIpc) is 2.50. The molecule has 1 aliphatic rings. The molecule has 1 heterocycles. The molecule has 1 aromatic carbocycles. The van der Waals surface area contributed by atoms with Gasteiger partial charge in [0.15, 0.2) is 0 Å². The summed E-state index contributed by atoms with van der Waals surface area (Å²) in [7, 11) is -4.17. The zero-order chi connectivity index (χ0) is 14.4. The summed E-state index contributed by atoms with van der Waals surface area (Å²) in [6.07, 6.45) is -4.66. The van der Waals surface area contributed by atoms with Crippen molar-refractivity contribution in [3.8, 4) is 5.75 Å². The minimum Gasteiger partial charge on any atom is -0.506 e. The van der Waals surface area contributed by atoms with Crippen LogP contribution in [0.2, 0.25) is 0 Å². The van der Waals surface area contributed by atoms with Gasteiger partial charge in [0.2, 0.25) is 0 Å². The molecule has 1 aromatic rings. The molecule has 2 rings (SSSR count). The lowest BCUT2D eigenvalue weighted by Crippen LogP contribution is -2.29. The van der Waals surface area contributed by atoms with Gasteiger partial charge in [0.1, 0.15) is 12.3 Å². The number of anilines is 1. The summed E-state index contributed by atoms with van der Waals surface area (Å²) in [6, 6.07) is 1.80. The van der Waals surface area contributed by atoms with Crippen LogP contribution < -0.4 is 9.03 Å². The number of halogens is 3. The molecule has 0 radical (unpaired) electrons. The van der Waals surface area contributed by atoms with Crippen LogP contribution >= 0.6 is 0 Å². The van der Waals surface area contributed by atoms with Gasteiger partial charge in [-0.15, -0.1) is 0 Å². The topological polar surface area (TPSA) is 86.7 Å². The minimum atomic E-state index is -4.66. The Morgan fingerprint density at radius 2 is 1.95 bits per heavy atom. The number of hydrogen-bond donors (Lipinski definition) is 2. The molecule has 1 amide bonds. The molecule has 1 aliphatic heterocycles. The molecular formula is C9H7F3N2O4S. The van der Waals surface area contributed by atoms with Crippen molar-refractivity contribution >= 4 is 21.8 Å². The third kappa shape index (κ3) is 2.43. The van der Waals surface area contributed by atoms with Crippen molar-refractivity contribution in [2.75, 3.05) is 10.8 Å². The number of nitrogens with zero attached hydrogens (tertiary/aromatic N) is 1. The number of phenols is 1. The Morgan fingerprint density at radius 3 is 2.37 bits per heavy atom. The summed E-state index contributed by atoms with van der Waals surface area (Å²) < 4.78 is 62.2. The molecule has 0 aliphatic carbocycles. The van der Waals surface area contributed by atoms with E-state index in [9.17, 15) is 31.5 Å². The van der Waals surface area contributed by atoms with Gasteiger partial charge in [-0.2, -0.15) is 21.6 Å². The average molecular weight is 296 g/mol. The maximum atomic E-state index is 12.4. The SMILES string of the molecule is O=C1CN(c2ccc(C(F)(F)F)cc2O)S(=O)(=O)N1. The molecule has 19 heavy (non-hydrogen) atoms. The number of amides is 1. The number of rotatable bonds is 1. The van der Waals surface area contributed by atoms with Crippen molar-refractivity contribution in [1.82, 2.24) is 4.72 Å². The first-order valence-corrected chi connectivity index (χ1v) is 6.29. The maximum Gasteiger partial charge on any atom is 0.416 e. The molecule has 10 heteroatoms. The molecule has 104 valence electrons. The Hall–Kier alpha value is -1.97. The standard InChI is InChI=1S/C9H7F3N2O4S/c10-9(11,12)5-1-2-6(7(15)3-5)14-4-8(16)13-19(14,17)18/h1-3,15H,4H2,(H,13,16). The molecule has 6 nitrogen and oxygen atoms in total. The first-order valence-electron chi connectivity index (χ1n) is 4.85. The molecular weight excluding hydrogens is 289 g/mol. The Balaban J connectivity index is 2.46. The van der Waals surface area contributed by atoms with Crippen molar-refractivity contribution in [2.24, 2.45) is 0 Å². The number of carbonyl (C=O) groups is 1. The minimum absolute atomic E-state index is 0.396. The lowest BCUT2D eigenvalue weighted by Gasteiger charge is -2.17. The van der Waals surface area contributed by atoms with E-state index in [4.69, 9.17) is 0 Å². The first-order chi connectivity index (χ1) is 8.61. The second-order valence-electron chi connectivity index (χ2n) is 3.74. The van der Waals surface area contributed by atoms with E-state index in [0.717, 1.165) is 6.07 Å². The van der Waals surface area contributed by atoms with Gasteiger partial charge < -0.3 is 5.11 Å². The van der Waals surface area contributed by atoms with E-state index in [1.165, 1.54) is 0 Å². The van der Waals surface area contributed by atoms with Gasteiger partial charge in [-0.05, 0) is 18.2 Å². The van der Waals surface area contributed by atoms with Gasteiger partial charge in [-0.1, -0.05) is 0 Å². The van der Waals surface area contributed by atoms with E-state index in [1.54, 1.807) is 4.72 Å². The predicted molar refractivity (Wildman–Crippen MR) is 57.5 cm³/mol. The summed E-state index contributed by atoms with van der Waals surface area (Å²) in [5.74, 6) is -1.71. The van der Waals surface area contributed by atoms with Crippen LogP contribution in [-0.4, -0.2) is 26.0 Å². The summed E-state index contributed by atoms with van der Waals surface area (Å²) in [5.41, 5.74) is -1.52. The van der Waals surface area contributed by atoms with Gasteiger partial charge in [0, 0.05) is 0 Å². The molecule has 0 atom stereocenters. The molecule has 0 saturated carbocycles. The van der Waals surface area contributed by atoms with Crippen molar-refractivity contribution in [3.05, 3.63) is 23.8 Å². The van der Waals surface area contributed by atoms with Crippen LogP contribution in [0.15, 0.2) is 18.2 Å². The molecule has 2 N–H and O–H groups in total. The highest BCUT2D eigenvalue weighted by molar-refractivity contribution is 7.92. The molecule has 0 aromatic heterocycles. The van der Waals surface area contributed by atoms with E-state index >= 15 is 0 Å². The van der Waals surface area contributed by atoms with Crippen molar-refractivity contribution in [2.45, 2.75) is 6.18 Å². The quantitative estimate of drug-likeness (QED) is 0.794. The van der Waals surface area contributed by atoms with Crippen molar-refractivity contribution in [1.29, 1.82) is 0 Å². The lowest BCUT2D eigenvalue weighted by molar-refractivity contribution is -0.137. The zero-order valence-corrected chi connectivity index (χ0v) is 9.92. The number of hydrogen-bond acceptors (Lipinski definition) is 4. The van der Waals surface area contributed by atoms with E-state index in [1.807, 2.05) is 0 Å². The van der Waals surface area contributed by atoms with Gasteiger partial charge in [-0.25, -0.2) is 9.03 Å². The summed E-state index contributed by atoms with van der Waals surface area (Å²) >= 11 is 0. The van der Waals surface area contributed by atoms with Crippen LogP contribution in [0.4, 0.5) is 18.9 Å². The summed E-state index contributed by atoms with van der Waals surface area (Å²) in [5, 5.41) is 9.49. The third-order valence-electron chi connectivity index (χ3n) is 2.39. The van der Waals surface area contributed by atoms with Crippen molar-refractivity contribution < 1.29 is 31.5 Å². The van der Waals surface area contributed by atoms with Gasteiger partial charge in [0.25, 0.3) is 5.91 Å². The van der Waals surface area contributed by atoms with E-state index in [-0.39, 0.29) is 0 Å². The number of phenolic OH excluding ortho intramolecular Hbond substituents is 1. The smallest absolute Gasteiger partial charge is 0.416 e. The summed E-state index contributed by atoms with van der Waals surface area (Å²) in [4.78, 5) is 11.0. The fourth-order valence-corrected chi connectivity index (χ4v) is 2.73. The second kappa shape index (κ2) is 4.02. The Kier molecular flexibility index (Phi) is 2.84. The number of aromatic hydroxyl groups is 1. The first kappa shape index (κ1) is 13.5. The number of nitrogens with one attached hydrogen (secondary N) is 1. The highest BCUT2D eigenvalue weighted by Crippen LogP contribution is 2.37. The molecule has 0 unspecified atom stereocenters. The molecule has 0 bridgehead atoms. The zero-order valence-electron chi connectivity index (χ0n) is 9.10. The van der Waals surface area contributed by atoms with Crippen molar-refractivity contribution in [3.63, 3.8) is 0 Å². The highest BCUT2D eigenvalue weighted by Gasteiger charge is 2.37. The van der Waals surface area contributed by atoms with Crippen LogP contribution in [0.5, 0.6) is 5.75 Å². The fraction of sp³-hybridized carbons (Fsp3) is 0.222. The monoisotopic (exact) mass is 296 g/mol. The largest absolute Gasteiger partial charge is 0.506 e. The number of carbonyl (C=O) groups excluding carboxylic acids is 1. The van der Waals surface area contributed by atoms with Gasteiger partial charge in [-0.3, -0.25) is 4.79 Å². The van der Waals surface area contributed by atoms with Crippen LogP contribution in [0.25, 0.3) is 0 Å². The Morgan fingerprint density at radius 1 is 1.32 bits per heavy atom. The number of benzene rings is 1. The van der Waals surface area contributed by atoms with Crippen LogP contribution in [0.3, 0.4) is 0 Å². The molecule has 1 fully saturated rings. The summed E-state index contributed by atoms with van der Waals surface area (Å²) in [6.45, 7) is -0.596. The highest BCUT2D eigenvalue weighted by atomic mass is 32.2. The predicted octanol–water partition coefficient (Wildman–Crippen LogP) is 0.592. The molecule has 0 spiro atoms. The van der Waals surface area contributed by atoms with Crippen LogP contribution in [0, 0.1) is 0 Å². The van der Waals surface area contributed by atoms with E-state index in [2.05, 4.69) is 0 Å². The van der Waals surface area contributed by atoms with Gasteiger partial charge >= 0.3 is 16.4 Å². The third-order valence-corrected chi connectivity index (χ3v) is 3.78.